The molecule has 0 radical (unpaired) electrons. The van der Waals surface area contributed by atoms with E-state index in [0.717, 1.165) is 0 Å². The molecular formula is C11H13W-. The van der Waals surface area contributed by atoms with Gasteiger partial charge >= 0.3 is 0 Å². The number of hydrogen-bond acceptors (Lipinski definition) is 0. The van der Waals surface area contributed by atoms with Gasteiger partial charge < -0.3 is 0 Å². The molecule has 1 aromatic carbocycles. The van der Waals surface area contributed by atoms with Crippen LogP contribution in [0.15, 0.2) is 24.3 Å². The van der Waals surface area contributed by atoms with Gasteiger partial charge in [-0.1, -0.05) is 6.92 Å². The predicted octanol–water partition coefficient (Wildman–Crippen LogP) is 2.93. The summed E-state index contributed by atoms with van der Waals surface area (Å²) in [6.07, 6.45) is 4.05. The van der Waals surface area contributed by atoms with Gasteiger partial charge in [-0.3, -0.25) is 0 Å². The van der Waals surface area contributed by atoms with Gasteiger partial charge in [-0.05, 0) is 24.7 Å². The standard InChI is InChI=1S/C11H13.W/c1-2-11(8-9-11)10-6-4-3-5-7-10;/h4-7H,2,8-9H2,1H3;/q-1;. The van der Waals surface area contributed by atoms with Gasteiger partial charge in [0.25, 0.3) is 0 Å². The maximum atomic E-state index is 3.06. The Hall–Kier alpha value is -0.0917. The van der Waals surface area contributed by atoms with Crippen LogP contribution in [-0.2, 0) is 26.5 Å². The van der Waals surface area contributed by atoms with Crippen molar-refractivity contribution in [3.63, 3.8) is 0 Å². The minimum Gasteiger partial charge on any atom is -0.184 e. The van der Waals surface area contributed by atoms with Crippen LogP contribution in [0.25, 0.3) is 0 Å². The summed E-state index contributed by atoms with van der Waals surface area (Å²) >= 11 is 0. The molecule has 12 heavy (non-hydrogen) atoms. The monoisotopic (exact) mass is 329 g/mol. The Morgan fingerprint density at radius 1 is 1.33 bits per heavy atom. The molecule has 64 valence electrons. The van der Waals surface area contributed by atoms with Gasteiger partial charge in [0, 0.05) is 21.1 Å². The van der Waals surface area contributed by atoms with Crippen molar-refractivity contribution in [2.75, 3.05) is 0 Å². The van der Waals surface area contributed by atoms with E-state index >= 15 is 0 Å². The first kappa shape index (κ1) is 9.99. The molecule has 0 saturated heterocycles. The third kappa shape index (κ3) is 1.64. The Kier molecular flexibility index (Phi) is 3.12. The minimum atomic E-state index is 0. The fourth-order valence-corrected chi connectivity index (χ4v) is 1.74. The van der Waals surface area contributed by atoms with Gasteiger partial charge in [-0.25, -0.2) is 0 Å². The molecule has 0 heterocycles. The zero-order valence-electron chi connectivity index (χ0n) is 7.34. The second-order valence-electron chi connectivity index (χ2n) is 3.42. The minimum absolute atomic E-state index is 0. The van der Waals surface area contributed by atoms with E-state index in [-0.39, 0.29) is 21.1 Å². The van der Waals surface area contributed by atoms with Crippen molar-refractivity contribution < 1.29 is 21.1 Å². The molecule has 0 bridgehead atoms. The van der Waals surface area contributed by atoms with E-state index in [4.69, 9.17) is 0 Å². The van der Waals surface area contributed by atoms with Gasteiger partial charge in [0.2, 0.25) is 0 Å². The Bertz CT molecular complexity index is 236. The van der Waals surface area contributed by atoms with Crippen LogP contribution in [0.1, 0.15) is 31.7 Å². The Morgan fingerprint density at radius 3 is 2.33 bits per heavy atom. The Labute approximate surface area is 88.6 Å². The number of rotatable bonds is 2. The SMILES string of the molecule is CCC1(c2cc[c-]cc2)CC1.[W]. The van der Waals surface area contributed by atoms with Crippen molar-refractivity contribution in [3.8, 4) is 0 Å². The van der Waals surface area contributed by atoms with Crippen LogP contribution in [0, 0.1) is 6.07 Å². The predicted molar refractivity (Wildman–Crippen MR) is 46.5 cm³/mol. The molecule has 0 aliphatic heterocycles. The molecule has 1 saturated carbocycles. The van der Waals surface area contributed by atoms with E-state index in [9.17, 15) is 0 Å². The molecule has 1 aliphatic carbocycles. The molecule has 1 aromatic rings. The molecule has 1 aliphatic rings. The molecule has 0 amide bonds. The molecule has 0 spiro atoms. The third-order valence-corrected chi connectivity index (χ3v) is 2.86. The number of hydrogen-bond donors (Lipinski definition) is 0. The Balaban J connectivity index is 0.000000720. The van der Waals surface area contributed by atoms with Gasteiger partial charge in [0.05, 0.1) is 0 Å². The van der Waals surface area contributed by atoms with E-state index < -0.39 is 0 Å². The molecule has 0 nitrogen and oxygen atoms in total. The first-order valence-electron chi connectivity index (χ1n) is 4.34. The fraction of sp³-hybridized carbons (Fsp3) is 0.455. The van der Waals surface area contributed by atoms with E-state index in [0.29, 0.717) is 5.41 Å². The van der Waals surface area contributed by atoms with Gasteiger partial charge in [-0.2, -0.15) is 35.9 Å². The maximum absolute atomic E-state index is 3.06. The van der Waals surface area contributed by atoms with Crippen molar-refractivity contribution in [2.24, 2.45) is 0 Å². The molecule has 2 rings (SSSR count). The molecule has 0 N–H and O–H groups in total. The fourth-order valence-electron chi connectivity index (χ4n) is 1.74. The van der Waals surface area contributed by atoms with Crippen molar-refractivity contribution >= 4 is 0 Å². The topological polar surface area (TPSA) is 0 Å². The third-order valence-electron chi connectivity index (χ3n) is 2.86. The van der Waals surface area contributed by atoms with Gasteiger partial charge in [0.1, 0.15) is 0 Å². The quantitative estimate of drug-likeness (QED) is 0.732. The van der Waals surface area contributed by atoms with Crippen LogP contribution in [0.2, 0.25) is 0 Å². The molecule has 0 unspecified atom stereocenters. The van der Waals surface area contributed by atoms with E-state index in [1.54, 1.807) is 0 Å². The van der Waals surface area contributed by atoms with Gasteiger partial charge in [0.15, 0.2) is 0 Å². The average molecular weight is 329 g/mol. The first-order chi connectivity index (χ1) is 5.37. The summed E-state index contributed by atoms with van der Waals surface area (Å²) in [4.78, 5) is 0. The van der Waals surface area contributed by atoms with Crippen LogP contribution >= 0.6 is 0 Å². The summed E-state index contributed by atoms with van der Waals surface area (Å²) < 4.78 is 0. The van der Waals surface area contributed by atoms with Crippen LogP contribution in [0.3, 0.4) is 0 Å². The maximum Gasteiger partial charge on any atom is 0 e. The van der Waals surface area contributed by atoms with Crippen LogP contribution in [0.5, 0.6) is 0 Å². The summed E-state index contributed by atoms with van der Waals surface area (Å²) in [5.41, 5.74) is 2.08. The smallest absolute Gasteiger partial charge is 0 e. The molecule has 0 atom stereocenters. The van der Waals surface area contributed by atoms with Crippen molar-refractivity contribution in [1.82, 2.24) is 0 Å². The molecule has 1 heteroatoms. The summed E-state index contributed by atoms with van der Waals surface area (Å²) in [6, 6.07) is 11.5. The Morgan fingerprint density at radius 2 is 1.92 bits per heavy atom. The van der Waals surface area contributed by atoms with Crippen molar-refractivity contribution in [1.29, 1.82) is 0 Å². The van der Waals surface area contributed by atoms with Crippen LogP contribution in [-0.4, -0.2) is 0 Å². The zero-order valence-corrected chi connectivity index (χ0v) is 10.3. The summed E-state index contributed by atoms with van der Waals surface area (Å²) in [5, 5.41) is 0. The zero-order chi connectivity index (χ0) is 7.73. The van der Waals surface area contributed by atoms with Crippen LogP contribution < -0.4 is 0 Å². The van der Waals surface area contributed by atoms with E-state index in [1.165, 1.54) is 24.8 Å². The van der Waals surface area contributed by atoms with Gasteiger partial charge in [-0.15, -0.1) is 0 Å². The second-order valence-corrected chi connectivity index (χ2v) is 3.42. The average Bonchev–Trinajstić information content (AvgIpc) is 2.86. The molecule has 0 aromatic heterocycles. The van der Waals surface area contributed by atoms with Crippen molar-refractivity contribution in [3.05, 3.63) is 35.9 Å². The number of benzene rings is 1. The second kappa shape index (κ2) is 3.75. The summed E-state index contributed by atoms with van der Waals surface area (Å²) in [7, 11) is 0. The van der Waals surface area contributed by atoms with E-state index in [2.05, 4.69) is 25.1 Å². The largest absolute Gasteiger partial charge is 0.184 e. The first-order valence-corrected chi connectivity index (χ1v) is 4.34. The van der Waals surface area contributed by atoms with E-state index in [1.807, 2.05) is 12.1 Å². The summed E-state index contributed by atoms with van der Waals surface area (Å²) in [5.74, 6) is 0. The molecule has 1 fully saturated rings. The van der Waals surface area contributed by atoms with Crippen LogP contribution in [0.4, 0.5) is 0 Å². The molecular weight excluding hydrogens is 316 g/mol. The summed E-state index contributed by atoms with van der Waals surface area (Å²) in [6.45, 7) is 2.28. The van der Waals surface area contributed by atoms with Crippen molar-refractivity contribution in [2.45, 2.75) is 31.6 Å². The normalized spacial score (nSPS) is 18.1.